The number of esters is 2. The van der Waals surface area contributed by atoms with E-state index < -0.39 is 16.8 Å². The van der Waals surface area contributed by atoms with Crippen LogP contribution in [0.25, 0.3) is 5.57 Å². The molecule has 0 radical (unpaired) electrons. The Kier molecular flexibility index (Phi) is 3.01. The average molecular weight is 328 g/mol. The van der Waals surface area contributed by atoms with Gasteiger partial charge in [-0.25, -0.2) is 4.79 Å². The molecule has 1 aromatic carbocycles. The van der Waals surface area contributed by atoms with Gasteiger partial charge in [0.05, 0.1) is 25.9 Å². The van der Waals surface area contributed by atoms with E-state index in [4.69, 9.17) is 14.2 Å². The van der Waals surface area contributed by atoms with Crippen LogP contribution in [0.3, 0.4) is 0 Å². The lowest BCUT2D eigenvalue weighted by atomic mass is 9.59. The first-order valence-electron chi connectivity index (χ1n) is 8.07. The Bertz CT molecular complexity index is 795. The molecule has 1 saturated carbocycles. The van der Waals surface area contributed by atoms with Crippen LogP contribution >= 0.6 is 0 Å². The van der Waals surface area contributed by atoms with Gasteiger partial charge in [0, 0.05) is 5.41 Å². The molecule has 1 saturated heterocycles. The van der Waals surface area contributed by atoms with Gasteiger partial charge in [0.25, 0.3) is 0 Å². The molecule has 5 heteroatoms. The SMILES string of the molecule is COC(=O)C1=C2[C@](C)(C(=O)OC)[C@@H]3O[C@@H]3C[C@@]2(C)c2ccccc21. The largest absolute Gasteiger partial charge is 0.468 e. The molecule has 4 atom stereocenters. The number of rotatable bonds is 2. The molecule has 0 N–H and O–H groups in total. The van der Waals surface area contributed by atoms with E-state index >= 15 is 0 Å². The van der Waals surface area contributed by atoms with Gasteiger partial charge in [-0.1, -0.05) is 31.2 Å². The van der Waals surface area contributed by atoms with Crippen LogP contribution in [0.4, 0.5) is 0 Å². The second kappa shape index (κ2) is 4.70. The summed E-state index contributed by atoms with van der Waals surface area (Å²) in [4.78, 5) is 25.3. The third-order valence-corrected chi connectivity index (χ3v) is 5.87. The van der Waals surface area contributed by atoms with Gasteiger partial charge >= 0.3 is 11.9 Å². The van der Waals surface area contributed by atoms with Crippen LogP contribution < -0.4 is 0 Å². The van der Waals surface area contributed by atoms with Crippen molar-refractivity contribution in [2.45, 2.75) is 37.9 Å². The molecule has 2 aliphatic carbocycles. The molecule has 0 bridgehead atoms. The maximum Gasteiger partial charge on any atom is 0.338 e. The fourth-order valence-electron chi connectivity index (χ4n) is 4.87. The lowest BCUT2D eigenvalue weighted by Gasteiger charge is -2.41. The molecule has 4 rings (SSSR count). The van der Waals surface area contributed by atoms with Crippen LogP contribution in [0, 0.1) is 5.41 Å². The second-order valence-electron chi connectivity index (χ2n) is 7.11. The number of methoxy groups -OCH3 is 2. The molecule has 0 aromatic heterocycles. The number of hydrogen-bond acceptors (Lipinski definition) is 5. The smallest absolute Gasteiger partial charge is 0.338 e. The Morgan fingerprint density at radius 1 is 1.17 bits per heavy atom. The summed E-state index contributed by atoms with van der Waals surface area (Å²) >= 11 is 0. The van der Waals surface area contributed by atoms with Crippen molar-refractivity contribution < 1.29 is 23.8 Å². The Hall–Kier alpha value is -2.14. The van der Waals surface area contributed by atoms with Crippen molar-refractivity contribution in [3.63, 3.8) is 0 Å². The van der Waals surface area contributed by atoms with Crippen molar-refractivity contribution in [3.8, 4) is 0 Å². The average Bonchev–Trinajstić information content (AvgIpc) is 3.31. The predicted molar refractivity (Wildman–Crippen MR) is 86.1 cm³/mol. The highest BCUT2D eigenvalue weighted by atomic mass is 16.6. The summed E-state index contributed by atoms with van der Waals surface area (Å²) in [6.07, 6.45) is 0.506. The maximum absolute atomic E-state index is 12.7. The molecule has 1 aromatic rings. The minimum atomic E-state index is -0.991. The summed E-state index contributed by atoms with van der Waals surface area (Å²) < 4.78 is 16.0. The monoisotopic (exact) mass is 328 g/mol. The van der Waals surface area contributed by atoms with Crippen LogP contribution in [0.15, 0.2) is 29.8 Å². The first-order chi connectivity index (χ1) is 11.4. The molecule has 1 aliphatic heterocycles. The van der Waals surface area contributed by atoms with E-state index in [-0.39, 0.29) is 18.2 Å². The van der Waals surface area contributed by atoms with E-state index in [0.717, 1.165) is 23.1 Å². The molecule has 0 spiro atoms. The van der Waals surface area contributed by atoms with E-state index in [0.29, 0.717) is 5.57 Å². The van der Waals surface area contributed by atoms with E-state index in [9.17, 15) is 9.59 Å². The topological polar surface area (TPSA) is 65.1 Å². The van der Waals surface area contributed by atoms with Crippen molar-refractivity contribution in [3.05, 3.63) is 41.0 Å². The lowest BCUT2D eigenvalue weighted by Crippen LogP contribution is -2.48. The van der Waals surface area contributed by atoms with Gasteiger partial charge in [-0.15, -0.1) is 0 Å². The summed E-state index contributed by atoms with van der Waals surface area (Å²) in [7, 11) is 2.74. The molecule has 126 valence electrons. The number of fused-ring (bicyclic) bond motifs is 4. The lowest BCUT2D eigenvalue weighted by molar-refractivity contribution is -0.151. The van der Waals surface area contributed by atoms with Gasteiger partial charge in [-0.05, 0) is 30.0 Å². The highest BCUT2D eigenvalue weighted by molar-refractivity contribution is 6.21. The molecular weight excluding hydrogens is 308 g/mol. The number of carbonyl (C=O) groups is 2. The zero-order valence-corrected chi connectivity index (χ0v) is 14.2. The van der Waals surface area contributed by atoms with Gasteiger partial charge in [-0.2, -0.15) is 0 Å². The Morgan fingerprint density at radius 2 is 1.88 bits per heavy atom. The molecule has 1 heterocycles. The molecule has 5 nitrogen and oxygen atoms in total. The molecule has 0 unspecified atom stereocenters. The summed E-state index contributed by atoms with van der Waals surface area (Å²) in [6.45, 7) is 3.90. The van der Waals surface area contributed by atoms with Crippen molar-refractivity contribution in [2.24, 2.45) is 5.41 Å². The van der Waals surface area contributed by atoms with Crippen molar-refractivity contribution in [1.29, 1.82) is 0 Å². The predicted octanol–water partition coefficient (Wildman–Crippen LogP) is 2.23. The molecular formula is C19H20O5. The summed E-state index contributed by atoms with van der Waals surface area (Å²) in [5, 5.41) is 0. The van der Waals surface area contributed by atoms with Crippen molar-refractivity contribution in [1.82, 2.24) is 0 Å². The first kappa shape index (κ1) is 15.4. The van der Waals surface area contributed by atoms with E-state index in [1.54, 1.807) is 0 Å². The molecule has 0 amide bonds. The van der Waals surface area contributed by atoms with Crippen LogP contribution in [-0.2, 0) is 29.2 Å². The highest BCUT2D eigenvalue weighted by Crippen LogP contribution is 2.65. The Balaban J connectivity index is 2.05. The third kappa shape index (κ3) is 1.63. The molecule has 3 aliphatic rings. The zero-order valence-electron chi connectivity index (χ0n) is 14.2. The maximum atomic E-state index is 12.7. The fraction of sp³-hybridized carbons (Fsp3) is 0.474. The molecule has 2 fully saturated rings. The number of hydrogen-bond donors (Lipinski definition) is 0. The number of ether oxygens (including phenoxy) is 3. The Morgan fingerprint density at radius 3 is 2.54 bits per heavy atom. The van der Waals surface area contributed by atoms with Gasteiger partial charge in [0.1, 0.15) is 11.5 Å². The van der Waals surface area contributed by atoms with Crippen molar-refractivity contribution >= 4 is 17.5 Å². The van der Waals surface area contributed by atoms with E-state index in [2.05, 4.69) is 6.92 Å². The first-order valence-corrected chi connectivity index (χ1v) is 8.07. The third-order valence-electron chi connectivity index (χ3n) is 5.87. The van der Waals surface area contributed by atoms with Crippen molar-refractivity contribution in [2.75, 3.05) is 14.2 Å². The quantitative estimate of drug-likeness (QED) is 0.615. The summed E-state index contributed by atoms with van der Waals surface area (Å²) in [6, 6.07) is 7.79. The van der Waals surface area contributed by atoms with Gasteiger partial charge in [0.2, 0.25) is 0 Å². The zero-order chi connectivity index (χ0) is 17.3. The van der Waals surface area contributed by atoms with Gasteiger partial charge in [0.15, 0.2) is 0 Å². The normalized spacial score (nSPS) is 35.7. The standard InChI is InChI=1S/C19H20O5/c1-18-9-12-15(24-12)19(2,17(21)23-4)14(18)13(16(20)22-3)10-7-5-6-8-11(10)18/h5-8,12,15H,9H2,1-4H3/t12-,15-,18+,19+/m1/s1. The summed E-state index contributed by atoms with van der Waals surface area (Å²) in [5.41, 5.74) is 1.71. The highest BCUT2D eigenvalue weighted by Gasteiger charge is 2.70. The minimum absolute atomic E-state index is 0.00732. The molecule has 24 heavy (non-hydrogen) atoms. The van der Waals surface area contributed by atoms with Crippen LogP contribution in [0.2, 0.25) is 0 Å². The minimum Gasteiger partial charge on any atom is -0.468 e. The number of epoxide rings is 1. The number of carbonyl (C=O) groups excluding carboxylic acids is 2. The van der Waals surface area contributed by atoms with Crippen LogP contribution in [-0.4, -0.2) is 38.4 Å². The summed E-state index contributed by atoms with van der Waals surface area (Å²) in [5.74, 6) is -0.791. The van der Waals surface area contributed by atoms with Crippen LogP contribution in [0.1, 0.15) is 31.4 Å². The van der Waals surface area contributed by atoms with E-state index in [1.807, 2.05) is 31.2 Å². The fourth-order valence-corrected chi connectivity index (χ4v) is 4.87. The van der Waals surface area contributed by atoms with Crippen LogP contribution in [0.5, 0.6) is 0 Å². The number of benzene rings is 1. The van der Waals surface area contributed by atoms with Gasteiger partial charge in [-0.3, -0.25) is 4.79 Å². The van der Waals surface area contributed by atoms with Gasteiger partial charge < -0.3 is 14.2 Å². The second-order valence-corrected chi connectivity index (χ2v) is 7.11. The Labute approximate surface area is 140 Å². The van der Waals surface area contributed by atoms with E-state index in [1.165, 1.54) is 14.2 Å².